The van der Waals surface area contributed by atoms with E-state index in [0.29, 0.717) is 5.02 Å². The highest BCUT2D eigenvalue weighted by Crippen LogP contribution is 2.29. The second-order valence-electron chi connectivity index (χ2n) is 4.25. The lowest BCUT2D eigenvalue weighted by molar-refractivity contribution is 0.620. The average Bonchev–Trinajstić information content (AvgIpc) is 2.38. The lowest BCUT2D eigenvalue weighted by atomic mass is 9.95. The van der Waals surface area contributed by atoms with E-state index in [1.165, 1.54) is 6.07 Å². The molecule has 0 amide bonds. The number of rotatable bonds is 3. The van der Waals surface area contributed by atoms with Crippen LogP contribution in [0.15, 0.2) is 42.5 Å². The molecule has 0 aromatic heterocycles. The zero-order valence-electron chi connectivity index (χ0n) is 10.4. The number of nitrogens with one attached hydrogen (secondary N) is 1. The molecule has 0 bridgehead atoms. The molecule has 1 nitrogen and oxygen atoms in total. The molecule has 0 spiro atoms. The van der Waals surface area contributed by atoms with Gasteiger partial charge in [-0.25, -0.2) is 4.39 Å². The van der Waals surface area contributed by atoms with Crippen molar-refractivity contribution in [3.8, 4) is 11.1 Å². The molecule has 0 saturated carbocycles. The molecule has 0 saturated heterocycles. The van der Waals surface area contributed by atoms with Crippen LogP contribution in [0.5, 0.6) is 0 Å². The van der Waals surface area contributed by atoms with Crippen molar-refractivity contribution in [2.75, 3.05) is 7.05 Å². The molecule has 0 radical (unpaired) electrons. The Morgan fingerprint density at radius 3 is 2.39 bits per heavy atom. The third-order valence-corrected chi connectivity index (χ3v) is 3.32. The number of benzene rings is 2. The van der Waals surface area contributed by atoms with E-state index in [0.717, 1.165) is 16.7 Å². The zero-order valence-corrected chi connectivity index (χ0v) is 11.1. The Labute approximate surface area is 112 Å². The van der Waals surface area contributed by atoms with E-state index in [-0.39, 0.29) is 11.9 Å². The molecular formula is C15H15ClFN. The van der Waals surface area contributed by atoms with Crippen molar-refractivity contribution in [1.82, 2.24) is 5.32 Å². The summed E-state index contributed by atoms with van der Waals surface area (Å²) < 4.78 is 13.4. The lowest BCUT2D eigenvalue weighted by Gasteiger charge is -2.16. The maximum atomic E-state index is 13.4. The van der Waals surface area contributed by atoms with Crippen LogP contribution in [-0.2, 0) is 0 Å². The molecule has 3 heteroatoms. The van der Waals surface area contributed by atoms with Gasteiger partial charge in [-0.2, -0.15) is 0 Å². The smallest absolute Gasteiger partial charge is 0.123 e. The summed E-state index contributed by atoms with van der Waals surface area (Å²) in [7, 11) is 1.89. The van der Waals surface area contributed by atoms with Crippen LogP contribution in [0.2, 0.25) is 5.02 Å². The van der Waals surface area contributed by atoms with E-state index >= 15 is 0 Å². The average molecular weight is 264 g/mol. The van der Waals surface area contributed by atoms with Crippen LogP contribution >= 0.6 is 11.6 Å². The Morgan fingerprint density at radius 1 is 1.11 bits per heavy atom. The van der Waals surface area contributed by atoms with E-state index in [4.69, 9.17) is 11.6 Å². The molecule has 1 unspecified atom stereocenters. The van der Waals surface area contributed by atoms with Crippen LogP contribution in [0.3, 0.4) is 0 Å². The van der Waals surface area contributed by atoms with Crippen molar-refractivity contribution < 1.29 is 4.39 Å². The first kappa shape index (κ1) is 13.1. The number of hydrogen-bond acceptors (Lipinski definition) is 1. The van der Waals surface area contributed by atoms with E-state index < -0.39 is 0 Å². The summed E-state index contributed by atoms with van der Waals surface area (Å²) in [6.45, 7) is 2.05. The van der Waals surface area contributed by atoms with Gasteiger partial charge in [0.15, 0.2) is 0 Å². The Kier molecular flexibility index (Phi) is 4.00. The van der Waals surface area contributed by atoms with Gasteiger partial charge in [0.25, 0.3) is 0 Å². The molecule has 2 aromatic rings. The van der Waals surface area contributed by atoms with E-state index in [1.807, 2.05) is 44.3 Å². The zero-order chi connectivity index (χ0) is 13.1. The van der Waals surface area contributed by atoms with Gasteiger partial charge in [-0.15, -0.1) is 0 Å². The molecule has 1 atom stereocenters. The van der Waals surface area contributed by atoms with Crippen molar-refractivity contribution in [3.05, 3.63) is 58.9 Å². The van der Waals surface area contributed by atoms with Gasteiger partial charge in [0.1, 0.15) is 5.82 Å². The van der Waals surface area contributed by atoms with Crippen LogP contribution in [0, 0.1) is 5.82 Å². The van der Waals surface area contributed by atoms with Gasteiger partial charge in [0.2, 0.25) is 0 Å². The van der Waals surface area contributed by atoms with Crippen molar-refractivity contribution in [3.63, 3.8) is 0 Å². The van der Waals surface area contributed by atoms with Crippen LogP contribution in [-0.4, -0.2) is 7.05 Å². The Bertz CT molecular complexity index is 537. The van der Waals surface area contributed by atoms with Gasteiger partial charge < -0.3 is 5.32 Å². The fourth-order valence-electron chi connectivity index (χ4n) is 1.94. The Morgan fingerprint density at radius 2 is 1.78 bits per heavy atom. The second kappa shape index (κ2) is 5.51. The summed E-state index contributed by atoms with van der Waals surface area (Å²) in [6, 6.07) is 12.5. The lowest BCUT2D eigenvalue weighted by Crippen LogP contribution is -2.13. The first-order valence-electron chi connectivity index (χ1n) is 5.84. The molecule has 0 heterocycles. The largest absolute Gasteiger partial charge is 0.313 e. The number of halogens is 2. The molecule has 18 heavy (non-hydrogen) atoms. The summed E-state index contributed by atoms with van der Waals surface area (Å²) in [5, 5.41) is 3.85. The Balaban J connectivity index is 2.54. The highest BCUT2D eigenvalue weighted by molar-refractivity contribution is 6.30. The van der Waals surface area contributed by atoms with Crippen molar-refractivity contribution in [2.45, 2.75) is 13.0 Å². The highest BCUT2D eigenvalue weighted by Gasteiger charge is 2.11. The van der Waals surface area contributed by atoms with Crippen molar-refractivity contribution >= 4 is 11.6 Å². The Hall–Kier alpha value is -1.38. The summed E-state index contributed by atoms with van der Waals surface area (Å²) in [5.74, 6) is -0.230. The van der Waals surface area contributed by atoms with Gasteiger partial charge in [-0.1, -0.05) is 29.8 Å². The quantitative estimate of drug-likeness (QED) is 0.864. The van der Waals surface area contributed by atoms with Gasteiger partial charge in [-0.05, 0) is 54.9 Å². The summed E-state index contributed by atoms with van der Waals surface area (Å²) in [6.07, 6.45) is 0. The third-order valence-electron chi connectivity index (χ3n) is 3.07. The fourth-order valence-corrected chi connectivity index (χ4v) is 2.07. The molecule has 2 aromatic carbocycles. The maximum absolute atomic E-state index is 13.4. The van der Waals surface area contributed by atoms with Crippen LogP contribution in [0.1, 0.15) is 18.5 Å². The van der Waals surface area contributed by atoms with E-state index in [9.17, 15) is 4.39 Å². The number of hydrogen-bond donors (Lipinski definition) is 1. The topological polar surface area (TPSA) is 12.0 Å². The SMILES string of the molecule is CNC(C)c1ccc(F)cc1-c1ccc(Cl)cc1. The minimum Gasteiger partial charge on any atom is -0.313 e. The molecule has 0 aliphatic rings. The first-order valence-corrected chi connectivity index (χ1v) is 6.22. The normalized spacial score (nSPS) is 12.4. The minimum atomic E-state index is -0.230. The van der Waals surface area contributed by atoms with Gasteiger partial charge >= 0.3 is 0 Å². The van der Waals surface area contributed by atoms with Gasteiger partial charge in [0, 0.05) is 11.1 Å². The molecule has 0 aliphatic heterocycles. The highest BCUT2D eigenvalue weighted by atomic mass is 35.5. The molecular weight excluding hydrogens is 249 g/mol. The molecule has 0 fully saturated rings. The predicted octanol–water partition coefficient (Wildman–Crippen LogP) is 4.43. The van der Waals surface area contributed by atoms with Crippen LogP contribution in [0.4, 0.5) is 4.39 Å². The maximum Gasteiger partial charge on any atom is 0.123 e. The molecule has 0 aliphatic carbocycles. The minimum absolute atomic E-state index is 0.163. The third kappa shape index (κ3) is 2.71. The second-order valence-corrected chi connectivity index (χ2v) is 4.69. The predicted molar refractivity (Wildman–Crippen MR) is 74.3 cm³/mol. The van der Waals surface area contributed by atoms with E-state index in [1.54, 1.807) is 6.07 Å². The van der Waals surface area contributed by atoms with Crippen LogP contribution in [0.25, 0.3) is 11.1 Å². The summed E-state index contributed by atoms with van der Waals surface area (Å²) >= 11 is 5.87. The summed E-state index contributed by atoms with van der Waals surface area (Å²) in [4.78, 5) is 0. The first-order chi connectivity index (χ1) is 8.61. The van der Waals surface area contributed by atoms with Gasteiger partial charge in [-0.3, -0.25) is 0 Å². The molecule has 94 valence electrons. The summed E-state index contributed by atoms with van der Waals surface area (Å²) in [5.41, 5.74) is 2.94. The molecule has 1 N–H and O–H groups in total. The monoisotopic (exact) mass is 263 g/mol. The van der Waals surface area contributed by atoms with E-state index in [2.05, 4.69) is 5.32 Å². The van der Waals surface area contributed by atoms with Crippen molar-refractivity contribution in [2.24, 2.45) is 0 Å². The van der Waals surface area contributed by atoms with Crippen molar-refractivity contribution in [1.29, 1.82) is 0 Å². The van der Waals surface area contributed by atoms with Crippen LogP contribution < -0.4 is 5.32 Å². The van der Waals surface area contributed by atoms with Gasteiger partial charge in [0.05, 0.1) is 0 Å². The fraction of sp³-hybridized carbons (Fsp3) is 0.200. The standard InChI is InChI=1S/C15H15ClFN/c1-10(18-2)14-8-7-13(17)9-15(14)11-3-5-12(16)6-4-11/h3-10,18H,1-2H3. The molecule has 2 rings (SSSR count).